The van der Waals surface area contributed by atoms with Gasteiger partial charge in [0.2, 0.25) is 0 Å². The van der Waals surface area contributed by atoms with Gasteiger partial charge in [-0.25, -0.2) is 0 Å². The van der Waals surface area contributed by atoms with Crippen LogP contribution in [0.1, 0.15) is 0 Å². The molecule has 13 aromatic rings. The Labute approximate surface area is 396 Å². The van der Waals surface area contributed by atoms with E-state index in [1.165, 1.54) is 47.9 Å². The second kappa shape index (κ2) is 16.3. The SMILES string of the molecule is c1ccc(-n2c3ccccc3c3c(N(c4ccc(-c5cccc([Si](c6ccccc6)(c6ccccc6)c6ccccc6)c5)cc4)c4ccc5c(c4)oc4ccc6ccccc6c45)cccc32)cc1. The number of fused-ring (bicyclic) bond motifs is 8. The second-order valence-corrected chi connectivity index (χ2v) is 21.4. The monoisotopic (exact) mass is 884 g/mol. The van der Waals surface area contributed by atoms with Gasteiger partial charge in [0.25, 0.3) is 0 Å². The van der Waals surface area contributed by atoms with Gasteiger partial charge in [0.15, 0.2) is 8.07 Å². The second-order valence-electron chi connectivity index (χ2n) is 17.6. The van der Waals surface area contributed by atoms with Gasteiger partial charge in [0.05, 0.1) is 16.7 Å². The van der Waals surface area contributed by atoms with E-state index in [2.05, 4.69) is 276 Å². The lowest BCUT2D eigenvalue weighted by atomic mass is 10.0. The maximum Gasteiger partial charge on any atom is 0.179 e. The zero-order valence-electron chi connectivity index (χ0n) is 37.2. The number of aromatic nitrogens is 1. The Morgan fingerprint density at radius 1 is 0.338 bits per heavy atom. The summed E-state index contributed by atoms with van der Waals surface area (Å²) in [6.07, 6.45) is 0. The van der Waals surface area contributed by atoms with E-state index in [4.69, 9.17) is 4.42 Å². The smallest absolute Gasteiger partial charge is 0.179 e. The molecule has 0 saturated carbocycles. The van der Waals surface area contributed by atoms with Crippen LogP contribution in [0.5, 0.6) is 0 Å². The maximum atomic E-state index is 6.73. The Balaban J connectivity index is 0.999. The van der Waals surface area contributed by atoms with Crippen molar-refractivity contribution in [1.82, 2.24) is 4.57 Å². The summed E-state index contributed by atoms with van der Waals surface area (Å²) in [5.41, 5.74) is 10.7. The van der Waals surface area contributed by atoms with Crippen molar-refractivity contribution in [3.05, 3.63) is 267 Å². The van der Waals surface area contributed by atoms with Crippen molar-refractivity contribution >= 4 is 100 Å². The molecule has 0 amide bonds. The van der Waals surface area contributed by atoms with E-state index in [0.717, 1.165) is 61.3 Å². The van der Waals surface area contributed by atoms with E-state index < -0.39 is 8.07 Å². The van der Waals surface area contributed by atoms with Crippen LogP contribution in [0.4, 0.5) is 17.1 Å². The third-order valence-electron chi connectivity index (χ3n) is 13.9. The molecule has 0 aliphatic heterocycles. The largest absolute Gasteiger partial charge is 0.456 e. The Morgan fingerprint density at radius 2 is 0.912 bits per heavy atom. The molecule has 0 radical (unpaired) electrons. The van der Waals surface area contributed by atoms with Crippen LogP contribution < -0.4 is 25.6 Å². The number of furan rings is 1. The minimum atomic E-state index is -2.72. The van der Waals surface area contributed by atoms with Crippen LogP contribution in [-0.2, 0) is 0 Å². The van der Waals surface area contributed by atoms with Gasteiger partial charge in [-0.2, -0.15) is 0 Å². The van der Waals surface area contributed by atoms with Gasteiger partial charge in [-0.15, -0.1) is 0 Å². The standard InChI is InChI=1S/C64H44N2OSi/c1-5-21-48(22-6-1)66-58-32-16-15-31-56(58)64-59(33-18-34-60(64)66)65(50-40-41-57-62(44-50)67-61-42-37-46-19-13-14-30-55(46)63(57)61)49-38-35-45(36-39-49)47-20-17-29-54(43-47)68(51-23-7-2-8-24-51,52-25-9-3-10-26-52)53-27-11-4-12-28-53/h1-44H. The zero-order valence-corrected chi connectivity index (χ0v) is 38.2. The summed E-state index contributed by atoms with van der Waals surface area (Å²) in [6, 6.07) is 97.6. The predicted octanol–water partition coefficient (Wildman–Crippen LogP) is 14.4. The molecule has 0 atom stereocenters. The van der Waals surface area contributed by atoms with Gasteiger partial charge < -0.3 is 13.9 Å². The van der Waals surface area contributed by atoms with Crippen molar-refractivity contribution in [3.8, 4) is 16.8 Å². The number of para-hydroxylation sites is 2. The molecule has 0 bridgehead atoms. The topological polar surface area (TPSA) is 21.3 Å². The molecule has 0 aliphatic rings. The van der Waals surface area contributed by atoms with Crippen LogP contribution in [0.15, 0.2) is 271 Å². The Morgan fingerprint density at radius 3 is 1.62 bits per heavy atom. The van der Waals surface area contributed by atoms with Crippen LogP contribution in [0.3, 0.4) is 0 Å². The van der Waals surface area contributed by atoms with Crippen molar-refractivity contribution in [1.29, 1.82) is 0 Å². The van der Waals surface area contributed by atoms with Gasteiger partial charge in [0.1, 0.15) is 11.2 Å². The molecule has 13 rings (SSSR count). The molecule has 0 saturated heterocycles. The first-order chi connectivity index (χ1) is 33.7. The summed E-state index contributed by atoms with van der Waals surface area (Å²) in [5, 5.41) is 12.5. The first kappa shape index (κ1) is 39.6. The van der Waals surface area contributed by atoms with Crippen molar-refractivity contribution in [2.75, 3.05) is 4.90 Å². The van der Waals surface area contributed by atoms with Crippen LogP contribution in [-0.4, -0.2) is 12.6 Å². The van der Waals surface area contributed by atoms with E-state index in [1.54, 1.807) is 0 Å². The van der Waals surface area contributed by atoms with Gasteiger partial charge in [-0.3, -0.25) is 0 Å². The highest BCUT2D eigenvalue weighted by Crippen LogP contribution is 2.46. The number of hydrogen-bond acceptors (Lipinski definition) is 2. The van der Waals surface area contributed by atoms with Crippen molar-refractivity contribution in [2.24, 2.45) is 0 Å². The van der Waals surface area contributed by atoms with Gasteiger partial charge >= 0.3 is 0 Å². The molecule has 0 unspecified atom stereocenters. The van der Waals surface area contributed by atoms with E-state index in [0.29, 0.717) is 0 Å². The molecule has 68 heavy (non-hydrogen) atoms. The number of anilines is 3. The number of nitrogens with zero attached hydrogens (tertiary/aromatic N) is 2. The first-order valence-electron chi connectivity index (χ1n) is 23.3. The highest BCUT2D eigenvalue weighted by molar-refractivity contribution is 7.19. The summed E-state index contributed by atoms with van der Waals surface area (Å²) in [4.78, 5) is 2.41. The summed E-state index contributed by atoms with van der Waals surface area (Å²) in [7, 11) is -2.72. The normalized spacial score (nSPS) is 11.8. The van der Waals surface area contributed by atoms with Crippen LogP contribution in [0, 0.1) is 0 Å². The highest BCUT2D eigenvalue weighted by Gasteiger charge is 2.41. The van der Waals surface area contributed by atoms with E-state index >= 15 is 0 Å². The van der Waals surface area contributed by atoms with Crippen LogP contribution in [0.25, 0.3) is 71.3 Å². The summed E-state index contributed by atoms with van der Waals surface area (Å²) in [5.74, 6) is 0. The predicted molar refractivity (Wildman–Crippen MR) is 289 cm³/mol. The molecule has 3 nitrogen and oxygen atoms in total. The lowest BCUT2D eigenvalue weighted by molar-refractivity contribution is 0.669. The summed E-state index contributed by atoms with van der Waals surface area (Å²) in [6.45, 7) is 0. The van der Waals surface area contributed by atoms with E-state index in [-0.39, 0.29) is 0 Å². The lowest BCUT2D eigenvalue weighted by Crippen LogP contribution is -2.74. The molecule has 2 heterocycles. The highest BCUT2D eigenvalue weighted by atomic mass is 28.3. The molecule has 11 aromatic carbocycles. The average Bonchev–Trinajstić information content (AvgIpc) is 3.97. The van der Waals surface area contributed by atoms with Crippen molar-refractivity contribution in [3.63, 3.8) is 0 Å². The molecular formula is C64H44N2OSi. The molecule has 320 valence electrons. The molecule has 0 N–H and O–H groups in total. The van der Waals surface area contributed by atoms with E-state index in [9.17, 15) is 0 Å². The molecular weight excluding hydrogens is 841 g/mol. The Kier molecular flexibility index (Phi) is 9.51. The average molecular weight is 885 g/mol. The fourth-order valence-electron chi connectivity index (χ4n) is 10.9. The molecule has 0 spiro atoms. The van der Waals surface area contributed by atoms with Crippen molar-refractivity contribution in [2.45, 2.75) is 0 Å². The lowest BCUT2D eigenvalue weighted by Gasteiger charge is -2.34. The number of rotatable bonds is 9. The fraction of sp³-hybridized carbons (Fsp3) is 0. The van der Waals surface area contributed by atoms with Gasteiger partial charge in [-0.1, -0.05) is 200 Å². The van der Waals surface area contributed by atoms with Gasteiger partial charge in [-0.05, 0) is 103 Å². The minimum absolute atomic E-state index is 0.856. The van der Waals surface area contributed by atoms with Crippen LogP contribution in [0.2, 0.25) is 0 Å². The van der Waals surface area contributed by atoms with Crippen molar-refractivity contribution < 1.29 is 4.42 Å². The maximum absolute atomic E-state index is 6.73. The third kappa shape index (κ3) is 6.34. The van der Waals surface area contributed by atoms with E-state index in [1.807, 2.05) is 0 Å². The Hall–Kier alpha value is -8.70. The fourth-order valence-corrected chi connectivity index (χ4v) is 15.7. The molecule has 4 heteroatoms. The number of benzene rings is 11. The first-order valence-corrected chi connectivity index (χ1v) is 25.3. The third-order valence-corrected chi connectivity index (χ3v) is 18.7. The Bertz CT molecular complexity index is 3860. The quantitative estimate of drug-likeness (QED) is 0.106. The summed E-state index contributed by atoms with van der Waals surface area (Å²) < 4.78 is 9.12. The molecule has 2 aromatic heterocycles. The van der Waals surface area contributed by atoms with Gasteiger partial charge in [0, 0.05) is 44.7 Å². The molecule has 0 fully saturated rings. The zero-order chi connectivity index (χ0) is 45.0. The van der Waals surface area contributed by atoms with Crippen LogP contribution >= 0.6 is 0 Å². The summed E-state index contributed by atoms with van der Waals surface area (Å²) >= 11 is 0. The molecule has 0 aliphatic carbocycles. The minimum Gasteiger partial charge on any atom is -0.456 e. The number of hydrogen-bond donors (Lipinski definition) is 0.